The Morgan fingerprint density at radius 1 is 1.47 bits per heavy atom. The minimum absolute atomic E-state index is 0.0694. The number of rotatable bonds is 5. The fourth-order valence-corrected chi connectivity index (χ4v) is 1.88. The van der Waals surface area contributed by atoms with Gasteiger partial charge in [0.1, 0.15) is 6.61 Å². The number of carbonyl (C=O) groups excluding carboxylic acids is 1. The lowest BCUT2D eigenvalue weighted by Crippen LogP contribution is -2.51. The molecule has 2 N–H and O–H groups in total. The van der Waals surface area contributed by atoms with Crippen molar-refractivity contribution in [1.29, 1.82) is 0 Å². The minimum atomic E-state index is -4.36. The summed E-state index contributed by atoms with van der Waals surface area (Å²) < 4.78 is 45.4. The molecule has 0 aromatic carbocycles. The smallest absolute Gasteiger partial charge is 0.372 e. The van der Waals surface area contributed by atoms with Crippen molar-refractivity contribution in [3.63, 3.8) is 0 Å². The van der Waals surface area contributed by atoms with Crippen molar-refractivity contribution >= 4 is 5.91 Å². The molecule has 8 heteroatoms. The molecule has 0 aromatic rings. The molecule has 1 aliphatic heterocycles. The quantitative estimate of drug-likeness (QED) is 0.748. The van der Waals surface area contributed by atoms with Gasteiger partial charge in [-0.25, -0.2) is 0 Å². The zero-order valence-electron chi connectivity index (χ0n) is 10.8. The van der Waals surface area contributed by atoms with Crippen LogP contribution in [0.1, 0.15) is 13.3 Å². The van der Waals surface area contributed by atoms with E-state index < -0.39 is 12.8 Å². The Morgan fingerprint density at radius 3 is 2.74 bits per heavy atom. The molecule has 1 heterocycles. The van der Waals surface area contributed by atoms with Gasteiger partial charge in [0.05, 0.1) is 25.2 Å². The normalized spacial score (nSPS) is 24.6. The molecular weight excluding hydrogens is 265 g/mol. The number of halogens is 3. The lowest BCUT2D eigenvalue weighted by Gasteiger charge is -2.36. The third-order valence-electron chi connectivity index (χ3n) is 2.67. The van der Waals surface area contributed by atoms with E-state index >= 15 is 0 Å². The molecule has 0 aromatic heterocycles. The Hall–Kier alpha value is -0.860. The molecule has 1 amide bonds. The number of nitrogens with two attached hydrogens (primary N) is 1. The van der Waals surface area contributed by atoms with E-state index in [-0.39, 0.29) is 31.1 Å². The van der Waals surface area contributed by atoms with Crippen LogP contribution in [0.3, 0.4) is 0 Å². The fourth-order valence-electron chi connectivity index (χ4n) is 1.88. The van der Waals surface area contributed by atoms with Crippen LogP contribution in [0.5, 0.6) is 0 Å². The van der Waals surface area contributed by atoms with Crippen LogP contribution in [0.15, 0.2) is 0 Å². The first kappa shape index (κ1) is 16.2. The second-order valence-corrected chi connectivity index (χ2v) is 4.52. The van der Waals surface area contributed by atoms with E-state index in [0.717, 1.165) is 0 Å². The second kappa shape index (κ2) is 7.06. The predicted molar refractivity (Wildman–Crippen MR) is 61.5 cm³/mol. The molecule has 1 saturated heterocycles. The number of amides is 1. The molecule has 0 saturated carbocycles. The summed E-state index contributed by atoms with van der Waals surface area (Å²) in [7, 11) is 0. The Labute approximate surface area is 109 Å². The van der Waals surface area contributed by atoms with Crippen molar-refractivity contribution in [2.75, 3.05) is 32.8 Å². The number of hydrogen-bond acceptors (Lipinski definition) is 4. The monoisotopic (exact) mass is 284 g/mol. The number of alkyl halides is 3. The van der Waals surface area contributed by atoms with Crippen LogP contribution in [-0.4, -0.2) is 62.0 Å². The summed E-state index contributed by atoms with van der Waals surface area (Å²) >= 11 is 0. The van der Waals surface area contributed by atoms with Crippen LogP contribution in [0.25, 0.3) is 0 Å². The average Bonchev–Trinajstić information content (AvgIpc) is 2.32. The Balaban J connectivity index is 2.28. The van der Waals surface area contributed by atoms with Gasteiger partial charge in [-0.05, 0) is 6.92 Å². The average molecular weight is 284 g/mol. The van der Waals surface area contributed by atoms with Gasteiger partial charge in [0.15, 0.2) is 0 Å². The molecule has 112 valence electrons. The lowest BCUT2D eigenvalue weighted by molar-refractivity contribution is -0.176. The highest BCUT2D eigenvalue weighted by Crippen LogP contribution is 2.15. The first-order valence-corrected chi connectivity index (χ1v) is 6.09. The Kier molecular flexibility index (Phi) is 6.02. The zero-order valence-corrected chi connectivity index (χ0v) is 10.8. The molecule has 1 aliphatic rings. The maximum atomic E-state index is 11.8. The van der Waals surface area contributed by atoms with E-state index in [0.29, 0.717) is 19.6 Å². The summed E-state index contributed by atoms with van der Waals surface area (Å²) in [6.07, 6.45) is -4.77. The molecule has 0 aliphatic carbocycles. The molecule has 2 unspecified atom stereocenters. The molecule has 5 nitrogen and oxygen atoms in total. The van der Waals surface area contributed by atoms with Gasteiger partial charge in [0.25, 0.3) is 0 Å². The standard InChI is InChI=1S/C11H19F3N2O3/c1-8-5-16(6-9(4-15)19-8)10(17)2-3-18-7-11(12,13)14/h8-9H,2-7,15H2,1H3. The van der Waals surface area contributed by atoms with Crippen molar-refractivity contribution in [3.05, 3.63) is 0 Å². The van der Waals surface area contributed by atoms with Crippen LogP contribution in [-0.2, 0) is 14.3 Å². The largest absolute Gasteiger partial charge is 0.411 e. The topological polar surface area (TPSA) is 64.8 Å². The maximum Gasteiger partial charge on any atom is 0.411 e. The van der Waals surface area contributed by atoms with Gasteiger partial charge in [-0.15, -0.1) is 0 Å². The van der Waals surface area contributed by atoms with E-state index in [4.69, 9.17) is 10.5 Å². The number of hydrogen-bond donors (Lipinski definition) is 1. The molecule has 19 heavy (non-hydrogen) atoms. The van der Waals surface area contributed by atoms with Gasteiger partial charge in [-0.2, -0.15) is 13.2 Å². The summed E-state index contributed by atoms with van der Waals surface area (Å²) in [5, 5.41) is 0. The Bertz CT molecular complexity index is 299. The van der Waals surface area contributed by atoms with E-state index in [1.54, 1.807) is 4.90 Å². The van der Waals surface area contributed by atoms with Gasteiger partial charge in [0, 0.05) is 19.6 Å². The van der Waals surface area contributed by atoms with E-state index in [2.05, 4.69) is 4.74 Å². The summed E-state index contributed by atoms with van der Waals surface area (Å²) in [5.74, 6) is -0.240. The van der Waals surface area contributed by atoms with E-state index in [1.807, 2.05) is 6.92 Å². The van der Waals surface area contributed by atoms with Crippen LogP contribution in [0, 0.1) is 0 Å². The van der Waals surface area contributed by atoms with Gasteiger partial charge in [0.2, 0.25) is 5.91 Å². The molecule has 0 bridgehead atoms. The van der Waals surface area contributed by atoms with Gasteiger partial charge < -0.3 is 20.1 Å². The first-order valence-electron chi connectivity index (χ1n) is 6.09. The summed E-state index contributed by atoms with van der Waals surface area (Å²) in [6, 6.07) is 0. The molecular formula is C11H19F3N2O3. The number of carbonyl (C=O) groups is 1. The van der Waals surface area contributed by atoms with Crippen LogP contribution >= 0.6 is 0 Å². The van der Waals surface area contributed by atoms with Gasteiger partial charge in [-0.1, -0.05) is 0 Å². The van der Waals surface area contributed by atoms with Crippen molar-refractivity contribution in [2.24, 2.45) is 5.73 Å². The predicted octanol–water partition coefficient (Wildman–Crippen LogP) is 0.530. The molecule has 2 atom stereocenters. The highest BCUT2D eigenvalue weighted by molar-refractivity contribution is 5.76. The van der Waals surface area contributed by atoms with Crippen LogP contribution in [0.2, 0.25) is 0 Å². The maximum absolute atomic E-state index is 11.8. The fraction of sp³-hybridized carbons (Fsp3) is 0.909. The summed E-state index contributed by atoms with van der Waals surface area (Å²) in [4.78, 5) is 13.4. The first-order chi connectivity index (χ1) is 8.81. The molecule has 0 spiro atoms. The highest BCUT2D eigenvalue weighted by atomic mass is 19.4. The van der Waals surface area contributed by atoms with Crippen molar-refractivity contribution < 1.29 is 27.4 Å². The third kappa shape index (κ3) is 6.22. The van der Waals surface area contributed by atoms with E-state index in [9.17, 15) is 18.0 Å². The molecule has 0 radical (unpaired) electrons. The Morgan fingerprint density at radius 2 is 2.16 bits per heavy atom. The number of morpholine rings is 1. The highest BCUT2D eigenvalue weighted by Gasteiger charge is 2.29. The van der Waals surface area contributed by atoms with Crippen molar-refractivity contribution in [3.8, 4) is 0 Å². The molecule has 1 fully saturated rings. The van der Waals surface area contributed by atoms with Crippen LogP contribution < -0.4 is 5.73 Å². The second-order valence-electron chi connectivity index (χ2n) is 4.52. The van der Waals surface area contributed by atoms with Crippen molar-refractivity contribution in [2.45, 2.75) is 31.7 Å². The zero-order chi connectivity index (χ0) is 14.5. The number of ether oxygens (including phenoxy) is 2. The lowest BCUT2D eigenvalue weighted by atomic mass is 10.2. The summed E-state index contributed by atoms with van der Waals surface area (Å²) in [5.41, 5.74) is 5.48. The number of nitrogens with zero attached hydrogens (tertiary/aromatic N) is 1. The third-order valence-corrected chi connectivity index (χ3v) is 2.67. The van der Waals surface area contributed by atoms with E-state index in [1.165, 1.54) is 0 Å². The minimum Gasteiger partial charge on any atom is -0.372 e. The van der Waals surface area contributed by atoms with Crippen molar-refractivity contribution in [1.82, 2.24) is 4.90 Å². The van der Waals surface area contributed by atoms with Gasteiger partial charge >= 0.3 is 6.18 Å². The van der Waals surface area contributed by atoms with Gasteiger partial charge in [-0.3, -0.25) is 4.79 Å². The van der Waals surface area contributed by atoms with Crippen LogP contribution in [0.4, 0.5) is 13.2 Å². The molecule has 1 rings (SSSR count). The SMILES string of the molecule is CC1CN(C(=O)CCOCC(F)(F)F)CC(CN)O1. The summed E-state index contributed by atoms with van der Waals surface area (Å²) in [6.45, 7) is 1.36.